The summed E-state index contributed by atoms with van der Waals surface area (Å²) < 4.78 is 0. The molecule has 2 N–H and O–H groups in total. The van der Waals surface area contributed by atoms with Crippen LogP contribution in [0.15, 0.2) is 41.1 Å². The van der Waals surface area contributed by atoms with Crippen molar-refractivity contribution in [2.24, 2.45) is 0 Å². The topological polar surface area (TPSA) is 61.4 Å². The molecule has 150 valence electrons. The molecule has 0 saturated carbocycles. The summed E-state index contributed by atoms with van der Waals surface area (Å²) in [6, 6.07) is 10.2. The van der Waals surface area contributed by atoms with Gasteiger partial charge in [-0.3, -0.25) is 14.5 Å². The third kappa shape index (κ3) is 6.46. The van der Waals surface area contributed by atoms with Gasteiger partial charge in [0.05, 0.1) is 0 Å². The molecule has 0 spiro atoms. The molecule has 0 atom stereocenters. The van der Waals surface area contributed by atoms with Gasteiger partial charge < -0.3 is 10.6 Å². The number of benzene rings is 1. The second-order valence-corrected chi connectivity index (χ2v) is 8.03. The Balaban J connectivity index is 1.37. The summed E-state index contributed by atoms with van der Waals surface area (Å²) in [6.07, 6.45) is 4.95. The highest BCUT2D eigenvalue weighted by atomic mass is 32.1. The first-order valence-corrected chi connectivity index (χ1v) is 11.0. The van der Waals surface area contributed by atoms with Crippen LogP contribution in [0.3, 0.4) is 0 Å². The van der Waals surface area contributed by atoms with Crippen LogP contribution in [-0.4, -0.2) is 36.3 Å². The van der Waals surface area contributed by atoms with E-state index in [1.807, 2.05) is 16.8 Å². The Hall–Kier alpha value is -2.18. The Kier molecular flexibility index (Phi) is 8.06. The van der Waals surface area contributed by atoms with Crippen LogP contribution < -0.4 is 10.6 Å². The van der Waals surface area contributed by atoms with Gasteiger partial charge in [-0.15, -0.1) is 0 Å². The van der Waals surface area contributed by atoms with Crippen molar-refractivity contribution < 1.29 is 9.59 Å². The maximum Gasteiger partial charge on any atom is 0.252 e. The van der Waals surface area contributed by atoms with Crippen molar-refractivity contribution in [3.8, 4) is 0 Å². The van der Waals surface area contributed by atoms with Crippen LogP contribution in [0.5, 0.6) is 0 Å². The van der Waals surface area contributed by atoms with Crippen LogP contribution in [0.2, 0.25) is 0 Å². The summed E-state index contributed by atoms with van der Waals surface area (Å²) >= 11 is 1.50. The highest BCUT2D eigenvalue weighted by Gasteiger charge is 2.13. The predicted octanol–water partition coefficient (Wildman–Crippen LogP) is 3.56. The molecule has 28 heavy (non-hydrogen) atoms. The van der Waals surface area contributed by atoms with Crippen LogP contribution in [0, 0.1) is 0 Å². The van der Waals surface area contributed by atoms with Gasteiger partial charge in [0, 0.05) is 37.0 Å². The second-order valence-electron chi connectivity index (χ2n) is 7.25. The van der Waals surface area contributed by atoms with Crippen molar-refractivity contribution >= 4 is 23.2 Å². The minimum absolute atomic E-state index is 0.0255. The summed E-state index contributed by atoms with van der Waals surface area (Å²) in [7, 11) is 0. The first-order chi connectivity index (χ1) is 13.7. The number of carbonyl (C=O) groups excluding carboxylic acids is 2. The van der Waals surface area contributed by atoms with Gasteiger partial charge in [-0.05, 0) is 54.9 Å². The van der Waals surface area contributed by atoms with Crippen LogP contribution in [-0.2, 0) is 17.9 Å². The number of rotatable bonds is 9. The van der Waals surface area contributed by atoms with Crippen molar-refractivity contribution in [2.45, 2.75) is 45.2 Å². The minimum Gasteiger partial charge on any atom is -0.352 e. The fourth-order valence-electron chi connectivity index (χ4n) is 3.47. The Bertz CT molecular complexity index is 755. The number of nitrogens with one attached hydrogen (secondary N) is 2. The number of nitrogens with zero attached hydrogens (tertiary/aromatic N) is 1. The first kappa shape index (κ1) is 20.6. The van der Waals surface area contributed by atoms with E-state index in [9.17, 15) is 9.59 Å². The Labute approximate surface area is 171 Å². The summed E-state index contributed by atoms with van der Waals surface area (Å²) in [5.41, 5.74) is 3.17. The van der Waals surface area contributed by atoms with E-state index in [1.54, 1.807) is 6.07 Å². The SMILES string of the molecule is O=C(CCCNC(=O)c1ccsc1)NCc1ccccc1CN1CCCCC1. The summed E-state index contributed by atoms with van der Waals surface area (Å²) in [5, 5.41) is 9.58. The molecule has 6 heteroatoms. The van der Waals surface area contributed by atoms with E-state index in [0.29, 0.717) is 31.5 Å². The number of piperidine rings is 1. The fraction of sp³-hybridized carbons (Fsp3) is 0.455. The average Bonchev–Trinajstić information content (AvgIpc) is 3.26. The van der Waals surface area contributed by atoms with Crippen molar-refractivity contribution in [3.63, 3.8) is 0 Å². The molecule has 1 aliphatic heterocycles. The molecule has 1 aromatic carbocycles. The van der Waals surface area contributed by atoms with Gasteiger partial charge in [0.1, 0.15) is 0 Å². The van der Waals surface area contributed by atoms with E-state index in [1.165, 1.54) is 41.7 Å². The largest absolute Gasteiger partial charge is 0.352 e. The standard InChI is InChI=1S/C22H29N3O2S/c26-21(9-6-11-23-22(27)20-10-14-28-17-20)24-15-18-7-2-3-8-19(18)16-25-12-4-1-5-13-25/h2-3,7-8,10,14,17H,1,4-6,9,11-13,15-16H2,(H,23,27)(H,24,26). The number of hydrogen-bond acceptors (Lipinski definition) is 4. The molecule has 2 aromatic rings. The zero-order valence-corrected chi connectivity index (χ0v) is 17.1. The van der Waals surface area contributed by atoms with Gasteiger partial charge in [-0.25, -0.2) is 0 Å². The van der Waals surface area contributed by atoms with Crippen molar-refractivity contribution in [1.29, 1.82) is 0 Å². The van der Waals surface area contributed by atoms with Gasteiger partial charge in [-0.1, -0.05) is 30.7 Å². The molecule has 1 aliphatic rings. The van der Waals surface area contributed by atoms with Crippen molar-refractivity contribution in [2.75, 3.05) is 19.6 Å². The summed E-state index contributed by atoms with van der Waals surface area (Å²) in [5.74, 6) is -0.0501. The Morgan fingerprint density at radius 1 is 1.00 bits per heavy atom. The lowest BCUT2D eigenvalue weighted by molar-refractivity contribution is -0.121. The third-order valence-electron chi connectivity index (χ3n) is 5.09. The zero-order chi connectivity index (χ0) is 19.6. The number of likely N-dealkylation sites (tertiary alicyclic amines) is 1. The molecule has 0 radical (unpaired) electrons. The molecule has 5 nitrogen and oxygen atoms in total. The van der Waals surface area contributed by atoms with E-state index in [4.69, 9.17) is 0 Å². The molecular formula is C22H29N3O2S. The number of carbonyl (C=O) groups is 2. The van der Waals surface area contributed by atoms with Crippen LogP contribution in [0.4, 0.5) is 0 Å². The number of amides is 2. The quantitative estimate of drug-likeness (QED) is 0.634. The molecule has 1 saturated heterocycles. The maximum absolute atomic E-state index is 12.2. The van der Waals surface area contributed by atoms with E-state index in [0.717, 1.165) is 19.6 Å². The highest BCUT2D eigenvalue weighted by Crippen LogP contribution is 2.16. The maximum atomic E-state index is 12.2. The normalized spacial score (nSPS) is 14.6. The Morgan fingerprint density at radius 2 is 1.79 bits per heavy atom. The second kappa shape index (κ2) is 11.0. The lowest BCUT2D eigenvalue weighted by Gasteiger charge is -2.27. The van der Waals surface area contributed by atoms with Crippen LogP contribution in [0.1, 0.15) is 53.6 Å². The van der Waals surface area contributed by atoms with E-state index in [2.05, 4.69) is 33.7 Å². The molecule has 0 aliphatic carbocycles. The van der Waals surface area contributed by atoms with E-state index in [-0.39, 0.29) is 11.8 Å². The molecule has 0 bridgehead atoms. The molecule has 1 aromatic heterocycles. The van der Waals surface area contributed by atoms with Crippen LogP contribution in [0.25, 0.3) is 0 Å². The molecule has 3 rings (SSSR count). The molecule has 1 fully saturated rings. The van der Waals surface area contributed by atoms with Gasteiger partial charge in [-0.2, -0.15) is 11.3 Å². The smallest absolute Gasteiger partial charge is 0.252 e. The Morgan fingerprint density at radius 3 is 2.54 bits per heavy atom. The lowest BCUT2D eigenvalue weighted by atomic mass is 10.0. The van der Waals surface area contributed by atoms with Crippen LogP contribution >= 0.6 is 11.3 Å². The predicted molar refractivity (Wildman–Crippen MR) is 113 cm³/mol. The van der Waals surface area contributed by atoms with Gasteiger partial charge in [0.15, 0.2) is 0 Å². The van der Waals surface area contributed by atoms with Gasteiger partial charge in [0.25, 0.3) is 5.91 Å². The highest BCUT2D eigenvalue weighted by molar-refractivity contribution is 7.08. The summed E-state index contributed by atoms with van der Waals surface area (Å²) in [6.45, 7) is 4.36. The third-order valence-corrected chi connectivity index (χ3v) is 5.77. The van der Waals surface area contributed by atoms with Crippen molar-refractivity contribution in [3.05, 3.63) is 57.8 Å². The molecule has 0 unspecified atom stereocenters. The number of thiophene rings is 1. The molecule has 2 heterocycles. The first-order valence-electron chi connectivity index (χ1n) is 10.1. The average molecular weight is 400 g/mol. The molecule has 2 amide bonds. The minimum atomic E-state index is -0.0756. The monoisotopic (exact) mass is 399 g/mol. The van der Waals surface area contributed by atoms with Gasteiger partial charge in [0.2, 0.25) is 5.91 Å². The number of hydrogen-bond donors (Lipinski definition) is 2. The molecular weight excluding hydrogens is 370 g/mol. The zero-order valence-electron chi connectivity index (χ0n) is 16.3. The van der Waals surface area contributed by atoms with Gasteiger partial charge >= 0.3 is 0 Å². The summed E-state index contributed by atoms with van der Waals surface area (Å²) in [4.78, 5) is 26.5. The fourth-order valence-corrected chi connectivity index (χ4v) is 4.11. The van der Waals surface area contributed by atoms with E-state index >= 15 is 0 Å². The lowest BCUT2D eigenvalue weighted by Crippen LogP contribution is -2.30. The van der Waals surface area contributed by atoms with Crippen molar-refractivity contribution in [1.82, 2.24) is 15.5 Å². The van der Waals surface area contributed by atoms with E-state index < -0.39 is 0 Å².